The van der Waals surface area contributed by atoms with Gasteiger partial charge in [-0.15, -0.1) is 0 Å². The number of fused-ring (bicyclic) bond motifs is 1. The second kappa shape index (κ2) is 6.03. The van der Waals surface area contributed by atoms with Crippen LogP contribution >= 0.6 is 0 Å². The van der Waals surface area contributed by atoms with E-state index in [2.05, 4.69) is 23.9 Å². The minimum Gasteiger partial charge on any atom is -0.369 e. The summed E-state index contributed by atoms with van der Waals surface area (Å²) < 4.78 is 6.47. The van der Waals surface area contributed by atoms with Gasteiger partial charge in [-0.2, -0.15) is 0 Å². The lowest BCUT2D eigenvalue weighted by atomic mass is 9.73. The zero-order valence-electron chi connectivity index (χ0n) is 14.8. The molecule has 1 amide bonds. The highest BCUT2D eigenvalue weighted by atomic mass is 16.5. The van der Waals surface area contributed by atoms with Crippen molar-refractivity contribution in [3.63, 3.8) is 0 Å². The summed E-state index contributed by atoms with van der Waals surface area (Å²) in [6.45, 7) is 2.92. The van der Waals surface area contributed by atoms with E-state index in [1.54, 1.807) is 0 Å². The first-order chi connectivity index (χ1) is 11.1. The van der Waals surface area contributed by atoms with Crippen molar-refractivity contribution in [3.8, 4) is 0 Å². The molecule has 4 fully saturated rings. The predicted octanol–water partition coefficient (Wildman–Crippen LogP) is 2.52. The van der Waals surface area contributed by atoms with Crippen molar-refractivity contribution in [2.45, 2.75) is 63.1 Å². The molecule has 2 bridgehead atoms. The van der Waals surface area contributed by atoms with Crippen LogP contribution in [0.25, 0.3) is 0 Å². The van der Waals surface area contributed by atoms with Crippen LogP contribution < -0.4 is 0 Å². The van der Waals surface area contributed by atoms with Gasteiger partial charge in [-0.25, -0.2) is 0 Å². The summed E-state index contributed by atoms with van der Waals surface area (Å²) in [5.74, 6) is 1.91. The molecule has 4 atom stereocenters. The van der Waals surface area contributed by atoms with E-state index in [1.165, 1.54) is 38.5 Å². The van der Waals surface area contributed by atoms with Crippen LogP contribution in [0.2, 0.25) is 0 Å². The summed E-state index contributed by atoms with van der Waals surface area (Å²) in [6, 6.07) is 0. The molecule has 3 heterocycles. The Hall–Kier alpha value is -0.610. The molecule has 1 spiro atoms. The van der Waals surface area contributed by atoms with Crippen LogP contribution in [0.4, 0.5) is 0 Å². The number of hydrogen-bond acceptors (Lipinski definition) is 3. The molecule has 0 aromatic carbocycles. The fourth-order valence-corrected chi connectivity index (χ4v) is 5.81. The largest absolute Gasteiger partial charge is 0.369 e. The average molecular weight is 320 g/mol. The van der Waals surface area contributed by atoms with Gasteiger partial charge < -0.3 is 14.5 Å². The van der Waals surface area contributed by atoms with Crippen LogP contribution in [0.3, 0.4) is 0 Å². The lowest BCUT2D eigenvalue weighted by Gasteiger charge is -2.30. The van der Waals surface area contributed by atoms with Crippen molar-refractivity contribution < 1.29 is 9.53 Å². The van der Waals surface area contributed by atoms with Gasteiger partial charge >= 0.3 is 0 Å². The van der Waals surface area contributed by atoms with E-state index in [1.807, 2.05) is 0 Å². The Morgan fingerprint density at radius 3 is 2.61 bits per heavy atom. The van der Waals surface area contributed by atoms with Gasteiger partial charge in [-0.1, -0.05) is 25.7 Å². The van der Waals surface area contributed by atoms with Crippen molar-refractivity contribution in [3.05, 3.63) is 0 Å². The molecule has 1 aliphatic carbocycles. The third-order valence-corrected chi connectivity index (χ3v) is 6.88. The minimum absolute atomic E-state index is 0.00569. The topological polar surface area (TPSA) is 32.8 Å². The van der Waals surface area contributed by atoms with E-state index in [0.717, 1.165) is 32.5 Å². The number of amides is 1. The molecular weight excluding hydrogens is 288 g/mol. The van der Waals surface area contributed by atoms with Crippen LogP contribution in [0.15, 0.2) is 0 Å². The maximum Gasteiger partial charge on any atom is 0.225 e. The lowest BCUT2D eigenvalue weighted by molar-refractivity contribution is -0.136. The molecule has 4 heteroatoms. The van der Waals surface area contributed by atoms with Gasteiger partial charge in [0.25, 0.3) is 0 Å². The maximum absolute atomic E-state index is 13.0. The fourth-order valence-electron chi connectivity index (χ4n) is 5.81. The highest BCUT2D eigenvalue weighted by molar-refractivity contribution is 5.79. The molecule has 0 radical (unpaired) electrons. The number of carbonyl (C=O) groups is 1. The SMILES string of the molecule is CN(C)C[C@H]1[C@H]2CN(C(=O)C3CCCCCC3)C[C@]23CC[C@H]1O3. The van der Waals surface area contributed by atoms with Crippen LogP contribution in [0.1, 0.15) is 51.4 Å². The zero-order valence-corrected chi connectivity index (χ0v) is 14.8. The minimum atomic E-state index is 0.00569. The molecule has 130 valence electrons. The third kappa shape index (κ3) is 2.72. The van der Waals surface area contributed by atoms with Crippen molar-refractivity contribution in [1.29, 1.82) is 0 Å². The van der Waals surface area contributed by atoms with E-state index in [9.17, 15) is 4.79 Å². The Morgan fingerprint density at radius 1 is 1.17 bits per heavy atom. The molecule has 23 heavy (non-hydrogen) atoms. The molecule has 4 aliphatic rings. The van der Waals surface area contributed by atoms with Gasteiger partial charge in [-0.3, -0.25) is 4.79 Å². The second-order valence-electron chi connectivity index (χ2n) is 8.70. The van der Waals surface area contributed by atoms with E-state index < -0.39 is 0 Å². The van der Waals surface area contributed by atoms with Crippen molar-refractivity contribution in [2.75, 3.05) is 33.7 Å². The van der Waals surface area contributed by atoms with Crippen LogP contribution in [-0.2, 0) is 9.53 Å². The Labute approximate surface area is 140 Å². The van der Waals surface area contributed by atoms with Crippen LogP contribution in [-0.4, -0.2) is 61.1 Å². The molecule has 3 aliphatic heterocycles. The highest BCUT2D eigenvalue weighted by Crippen LogP contribution is 2.55. The predicted molar refractivity (Wildman–Crippen MR) is 90.1 cm³/mol. The molecule has 4 nitrogen and oxygen atoms in total. The van der Waals surface area contributed by atoms with Crippen LogP contribution in [0, 0.1) is 17.8 Å². The van der Waals surface area contributed by atoms with E-state index in [4.69, 9.17) is 4.74 Å². The number of carbonyl (C=O) groups excluding carboxylic acids is 1. The van der Waals surface area contributed by atoms with E-state index >= 15 is 0 Å². The van der Waals surface area contributed by atoms with Gasteiger partial charge in [0.15, 0.2) is 0 Å². The lowest BCUT2D eigenvalue weighted by Crippen LogP contribution is -2.40. The van der Waals surface area contributed by atoms with E-state index in [0.29, 0.717) is 23.8 Å². The van der Waals surface area contributed by atoms with Crippen molar-refractivity contribution in [2.24, 2.45) is 17.8 Å². The molecule has 0 aromatic heterocycles. The van der Waals surface area contributed by atoms with Crippen molar-refractivity contribution in [1.82, 2.24) is 9.80 Å². The van der Waals surface area contributed by atoms with Gasteiger partial charge in [0.05, 0.1) is 18.2 Å². The Bertz CT molecular complexity index is 458. The molecule has 0 unspecified atom stereocenters. The van der Waals surface area contributed by atoms with E-state index in [-0.39, 0.29) is 11.5 Å². The molecule has 0 aromatic rings. The third-order valence-electron chi connectivity index (χ3n) is 6.88. The monoisotopic (exact) mass is 320 g/mol. The number of rotatable bonds is 3. The number of nitrogens with zero attached hydrogens (tertiary/aromatic N) is 2. The van der Waals surface area contributed by atoms with Gasteiger partial charge in [0, 0.05) is 30.8 Å². The summed E-state index contributed by atoms with van der Waals surface area (Å²) in [4.78, 5) is 17.5. The molecule has 1 saturated carbocycles. The summed E-state index contributed by atoms with van der Waals surface area (Å²) in [5, 5.41) is 0. The molecular formula is C19H32N2O2. The average Bonchev–Trinajstić information content (AvgIpc) is 3.08. The Morgan fingerprint density at radius 2 is 1.91 bits per heavy atom. The number of hydrogen-bond donors (Lipinski definition) is 0. The summed E-state index contributed by atoms with van der Waals surface area (Å²) in [6.07, 6.45) is 10.1. The number of likely N-dealkylation sites (tertiary alicyclic amines) is 1. The summed E-state index contributed by atoms with van der Waals surface area (Å²) in [5.41, 5.74) is 0.00569. The van der Waals surface area contributed by atoms with Crippen molar-refractivity contribution >= 4 is 5.91 Å². The molecule has 4 rings (SSSR count). The summed E-state index contributed by atoms with van der Waals surface area (Å²) in [7, 11) is 4.31. The van der Waals surface area contributed by atoms with Gasteiger partial charge in [-0.05, 0) is 39.8 Å². The second-order valence-corrected chi connectivity index (χ2v) is 8.70. The molecule has 3 saturated heterocycles. The first-order valence-electron chi connectivity index (χ1n) is 9.70. The standard InChI is InChI=1S/C19H32N2O2/c1-20(2)11-15-16-12-21(13-19(16)10-9-17(15)23-19)18(22)14-7-5-3-4-6-8-14/h14-17H,3-13H2,1-2H3/t15-,16+,17+,19+/m0/s1. The van der Waals surface area contributed by atoms with Crippen LogP contribution in [0.5, 0.6) is 0 Å². The van der Waals surface area contributed by atoms with Gasteiger partial charge in [0.1, 0.15) is 0 Å². The first-order valence-corrected chi connectivity index (χ1v) is 9.70. The normalized spacial score (nSPS) is 40.7. The highest BCUT2D eigenvalue weighted by Gasteiger charge is 2.63. The summed E-state index contributed by atoms with van der Waals surface area (Å²) >= 11 is 0. The zero-order chi connectivity index (χ0) is 16.0. The first kappa shape index (κ1) is 15.9. The number of ether oxygens (including phenoxy) is 1. The Balaban J connectivity index is 1.46. The Kier molecular flexibility index (Phi) is 4.17. The maximum atomic E-state index is 13.0. The smallest absolute Gasteiger partial charge is 0.225 e. The fraction of sp³-hybridized carbons (Fsp3) is 0.947. The van der Waals surface area contributed by atoms with Gasteiger partial charge in [0.2, 0.25) is 5.91 Å². The molecule has 0 N–H and O–H groups in total. The quantitative estimate of drug-likeness (QED) is 0.749.